The Kier molecular flexibility index (Phi) is 5.71. The quantitative estimate of drug-likeness (QED) is 0.813. The summed E-state index contributed by atoms with van der Waals surface area (Å²) in [7, 11) is 0. The SMILES string of the molecule is CCc1ccc(N2CCC(C(=O)NCCc3ccccc3C)C2=O)cc1. The predicted octanol–water partition coefficient (Wildman–Crippen LogP) is 3.27. The molecule has 1 fully saturated rings. The number of rotatable bonds is 6. The molecule has 0 aromatic heterocycles. The first-order valence-corrected chi connectivity index (χ1v) is 9.32. The van der Waals surface area contributed by atoms with Gasteiger partial charge in [0.25, 0.3) is 0 Å². The maximum absolute atomic E-state index is 12.7. The number of nitrogens with zero attached hydrogens (tertiary/aromatic N) is 1. The lowest BCUT2D eigenvalue weighted by atomic mass is 10.1. The van der Waals surface area contributed by atoms with Crippen LogP contribution in [0.4, 0.5) is 5.69 Å². The molecule has 1 unspecified atom stereocenters. The number of carbonyl (C=O) groups excluding carboxylic acids is 2. The largest absolute Gasteiger partial charge is 0.355 e. The first kappa shape index (κ1) is 18.2. The highest BCUT2D eigenvalue weighted by atomic mass is 16.2. The summed E-state index contributed by atoms with van der Waals surface area (Å²) in [5.41, 5.74) is 4.57. The molecule has 1 saturated heterocycles. The lowest BCUT2D eigenvalue weighted by Crippen LogP contribution is -2.37. The fourth-order valence-electron chi connectivity index (χ4n) is 3.43. The maximum Gasteiger partial charge on any atom is 0.239 e. The van der Waals surface area contributed by atoms with Gasteiger partial charge in [0.2, 0.25) is 11.8 Å². The molecule has 1 N–H and O–H groups in total. The average Bonchev–Trinajstić information content (AvgIpc) is 3.05. The van der Waals surface area contributed by atoms with Crippen molar-refractivity contribution in [2.45, 2.75) is 33.1 Å². The van der Waals surface area contributed by atoms with Crippen LogP contribution in [0.2, 0.25) is 0 Å². The van der Waals surface area contributed by atoms with Crippen molar-refractivity contribution in [1.29, 1.82) is 0 Å². The highest BCUT2D eigenvalue weighted by Crippen LogP contribution is 2.25. The van der Waals surface area contributed by atoms with Crippen LogP contribution in [0.15, 0.2) is 48.5 Å². The molecule has 4 nitrogen and oxygen atoms in total. The minimum Gasteiger partial charge on any atom is -0.355 e. The smallest absolute Gasteiger partial charge is 0.239 e. The molecule has 1 atom stereocenters. The van der Waals surface area contributed by atoms with Crippen molar-refractivity contribution in [2.24, 2.45) is 5.92 Å². The van der Waals surface area contributed by atoms with Crippen LogP contribution >= 0.6 is 0 Å². The second-order valence-corrected chi connectivity index (χ2v) is 6.82. The molecule has 2 aromatic carbocycles. The van der Waals surface area contributed by atoms with Crippen molar-refractivity contribution in [3.63, 3.8) is 0 Å². The van der Waals surface area contributed by atoms with E-state index in [-0.39, 0.29) is 11.8 Å². The molecular formula is C22H26N2O2. The van der Waals surface area contributed by atoms with Crippen LogP contribution in [0.3, 0.4) is 0 Å². The van der Waals surface area contributed by atoms with Gasteiger partial charge in [-0.2, -0.15) is 0 Å². The van der Waals surface area contributed by atoms with E-state index in [1.54, 1.807) is 4.90 Å². The van der Waals surface area contributed by atoms with E-state index in [0.29, 0.717) is 19.5 Å². The Morgan fingerprint density at radius 3 is 2.58 bits per heavy atom. The van der Waals surface area contributed by atoms with E-state index in [9.17, 15) is 9.59 Å². The molecule has 0 spiro atoms. The van der Waals surface area contributed by atoms with Gasteiger partial charge in [0.1, 0.15) is 5.92 Å². The predicted molar refractivity (Wildman–Crippen MR) is 104 cm³/mol. The number of hydrogen-bond acceptors (Lipinski definition) is 2. The lowest BCUT2D eigenvalue weighted by Gasteiger charge is -2.17. The molecule has 0 saturated carbocycles. The normalized spacial score (nSPS) is 16.8. The van der Waals surface area contributed by atoms with E-state index < -0.39 is 5.92 Å². The Hall–Kier alpha value is -2.62. The van der Waals surface area contributed by atoms with Gasteiger partial charge in [0, 0.05) is 18.8 Å². The van der Waals surface area contributed by atoms with Crippen molar-refractivity contribution < 1.29 is 9.59 Å². The third-order valence-corrected chi connectivity index (χ3v) is 5.13. The van der Waals surface area contributed by atoms with Gasteiger partial charge in [-0.05, 0) is 55.0 Å². The van der Waals surface area contributed by atoms with Crippen LogP contribution in [0.25, 0.3) is 0 Å². The molecule has 26 heavy (non-hydrogen) atoms. The van der Waals surface area contributed by atoms with E-state index in [2.05, 4.69) is 31.3 Å². The number of anilines is 1. The molecule has 2 aromatic rings. The second-order valence-electron chi connectivity index (χ2n) is 6.82. The molecule has 1 heterocycles. The molecular weight excluding hydrogens is 324 g/mol. The average molecular weight is 350 g/mol. The van der Waals surface area contributed by atoms with Gasteiger partial charge in [-0.15, -0.1) is 0 Å². The number of aryl methyl sites for hydroxylation is 2. The molecule has 0 aliphatic carbocycles. The Balaban J connectivity index is 1.55. The van der Waals surface area contributed by atoms with Crippen LogP contribution in [-0.4, -0.2) is 24.9 Å². The van der Waals surface area contributed by atoms with E-state index in [4.69, 9.17) is 0 Å². The summed E-state index contributed by atoms with van der Waals surface area (Å²) in [6.07, 6.45) is 2.33. The van der Waals surface area contributed by atoms with Crippen molar-refractivity contribution in [2.75, 3.05) is 18.0 Å². The molecule has 0 bridgehead atoms. The summed E-state index contributed by atoms with van der Waals surface area (Å²) in [5, 5.41) is 2.93. The monoisotopic (exact) mass is 350 g/mol. The topological polar surface area (TPSA) is 49.4 Å². The molecule has 0 radical (unpaired) electrons. The molecule has 2 amide bonds. The minimum atomic E-state index is -0.572. The standard InChI is InChI=1S/C22H26N2O2/c1-3-17-8-10-19(11-9-17)24-15-13-20(22(24)26)21(25)23-14-12-18-7-5-4-6-16(18)2/h4-11,20H,3,12-15H2,1-2H3,(H,23,25). The van der Waals surface area contributed by atoms with E-state index in [1.165, 1.54) is 16.7 Å². The van der Waals surface area contributed by atoms with Gasteiger partial charge < -0.3 is 10.2 Å². The Morgan fingerprint density at radius 2 is 1.88 bits per heavy atom. The molecule has 136 valence electrons. The molecule has 4 heteroatoms. The van der Waals surface area contributed by atoms with Crippen LogP contribution in [0, 0.1) is 12.8 Å². The third kappa shape index (κ3) is 3.96. The van der Waals surface area contributed by atoms with Gasteiger partial charge >= 0.3 is 0 Å². The lowest BCUT2D eigenvalue weighted by molar-refractivity contribution is -0.132. The number of hydrogen-bond donors (Lipinski definition) is 1. The maximum atomic E-state index is 12.7. The van der Waals surface area contributed by atoms with Gasteiger partial charge in [-0.25, -0.2) is 0 Å². The van der Waals surface area contributed by atoms with Gasteiger partial charge in [0.05, 0.1) is 0 Å². The fourth-order valence-corrected chi connectivity index (χ4v) is 3.43. The summed E-state index contributed by atoms with van der Waals surface area (Å²) in [6.45, 7) is 5.32. The highest BCUT2D eigenvalue weighted by molar-refractivity contribution is 6.09. The highest BCUT2D eigenvalue weighted by Gasteiger charge is 2.37. The zero-order valence-corrected chi connectivity index (χ0v) is 15.5. The molecule has 3 rings (SSSR count). The van der Waals surface area contributed by atoms with Crippen LogP contribution < -0.4 is 10.2 Å². The van der Waals surface area contributed by atoms with Crippen molar-refractivity contribution in [3.8, 4) is 0 Å². The summed E-state index contributed by atoms with van der Waals surface area (Å²) in [6, 6.07) is 16.2. The zero-order chi connectivity index (χ0) is 18.5. The minimum absolute atomic E-state index is 0.0948. The zero-order valence-electron chi connectivity index (χ0n) is 15.5. The van der Waals surface area contributed by atoms with Gasteiger partial charge in [-0.3, -0.25) is 9.59 Å². The number of amides is 2. The van der Waals surface area contributed by atoms with Crippen LogP contribution in [-0.2, 0) is 22.4 Å². The van der Waals surface area contributed by atoms with Gasteiger partial charge in [0.15, 0.2) is 0 Å². The van der Waals surface area contributed by atoms with Crippen molar-refractivity contribution in [3.05, 3.63) is 65.2 Å². The van der Waals surface area contributed by atoms with Crippen LogP contribution in [0.1, 0.15) is 30.0 Å². The first-order valence-electron chi connectivity index (χ1n) is 9.32. The Bertz CT molecular complexity index is 783. The van der Waals surface area contributed by atoms with Crippen LogP contribution in [0.5, 0.6) is 0 Å². The third-order valence-electron chi connectivity index (χ3n) is 5.13. The molecule has 1 aliphatic rings. The Labute approximate surface area is 155 Å². The Morgan fingerprint density at radius 1 is 1.15 bits per heavy atom. The molecule has 1 aliphatic heterocycles. The van der Waals surface area contributed by atoms with E-state index in [1.807, 2.05) is 36.4 Å². The fraction of sp³-hybridized carbons (Fsp3) is 0.364. The number of nitrogens with one attached hydrogen (secondary N) is 1. The second kappa shape index (κ2) is 8.17. The summed E-state index contributed by atoms with van der Waals surface area (Å²) < 4.78 is 0. The first-order chi connectivity index (χ1) is 12.6. The number of carbonyl (C=O) groups is 2. The van der Waals surface area contributed by atoms with Crippen molar-refractivity contribution >= 4 is 17.5 Å². The summed E-state index contributed by atoms with van der Waals surface area (Å²) in [5.74, 6) is -0.823. The van der Waals surface area contributed by atoms with Gasteiger partial charge in [-0.1, -0.05) is 43.3 Å². The summed E-state index contributed by atoms with van der Waals surface area (Å²) in [4.78, 5) is 26.8. The summed E-state index contributed by atoms with van der Waals surface area (Å²) >= 11 is 0. The van der Waals surface area contributed by atoms with E-state index in [0.717, 1.165) is 18.5 Å². The van der Waals surface area contributed by atoms with E-state index >= 15 is 0 Å². The number of benzene rings is 2. The van der Waals surface area contributed by atoms with Crippen molar-refractivity contribution in [1.82, 2.24) is 5.32 Å².